The van der Waals surface area contributed by atoms with Gasteiger partial charge in [-0.3, -0.25) is 0 Å². The number of thioether (sulfide) groups is 1. The smallest absolute Gasteiger partial charge is 0.138 e. The Labute approximate surface area is 108 Å². The van der Waals surface area contributed by atoms with E-state index in [1.807, 2.05) is 0 Å². The Morgan fingerprint density at radius 3 is 2.44 bits per heavy atom. The van der Waals surface area contributed by atoms with Crippen LogP contribution in [0.15, 0.2) is 17.8 Å². The fourth-order valence-corrected chi connectivity index (χ4v) is 2.56. The molecule has 1 heterocycles. The van der Waals surface area contributed by atoms with Crippen molar-refractivity contribution < 1.29 is 30.4 Å². The van der Waals surface area contributed by atoms with Crippen LogP contribution in [0.5, 0.6) is 0 Å². The Morgan fingerprint density at radius 1 is 1.28 bits per heavy atom. The lowest BCUT2D eigenvalue weighted by Crippen LogP contribution is -2.57. The van der Waals surface area contributed by atoms with Gasteiger partial charge in [0.2, 0.25) is 0 Å². The van der Waals surface area contributed by atoms with E-state index in [0.29, 0.717) is 0 Å². The van der Waals surface area contributed by atoms with Crippen molar-refractivity contribution in [2.45, 2.75) is 36.3 Å². The van der Waals surface area contributed by atoms with Crippen molar-refractivity contribution in [2.75, 3.05) is 6.61 Å². The van der Waals surface area contributed by atoms with E-state index < -0.39 is 36.5 Å². The molecule has 0 bridgehead atoms. The zero-order valence-electron chi connectivity index (χ0n) is 9.59. The van der Waals surface area contributed by atoms with Crippen LogP contribution in [0.25, 0.3) is 0 Å². The van der Waals surface area contributed by atoms with E-state index in [1.54, 1.807) is 0 Å². The quantitative estimate of drug-likeness (QED) is 0.145. The molecule has 1 rings (SSSR count). The summed E-state index contributed by atoms with van der Waals surface area (Å²) in [5.74, 6) is 0. The number of allylic oxidation sites excluding steroid dienone is 1. The predicted molar refractivity (Wildman–Crippen MR) is 65.4 cm³/mol. The molecule has 1 aliphatic rings. The largest absolute Gasteiger partial charge is 0.410 e. The van der Waals surface area contributed by atoms with Gasteiger partial charge < -0.3 is 30.4 Å². The molecule has 0 aromatic rings. The maximum absolute atomic E-state index is 9.73. The first kappa shape index (κ1) is 15.4. The number of rotatable bonds is 4. The summed E-state index contributed by atoms with van der Waals surface area (Å²) in [6.07, 6.45) is -3.37. The molecule has 1 saturated heterocycles. The number of oxime groups is 1. The van der Waals surface area contributed by atoms with E-state index in [9.17, 15) is 15.3 Å². The summed E-state index contributed by atoms with van der Waals surface area (Å²) < 4.78 is 5.24. The van der Waals surface area contributed by atoms with Gasteiger partial charge in [-0.2, -0.15) is 0 Å². The van der Waals surface area contributed by atoms with Crippen LogP contribution < -0.4 is 0 Å². The van der Waals surface area contributed by atoms with E-state index in [4.69, 9.17) is 15.1 Å². The summed E-state index contributed by atoms with van der Waals surface area (Å²) in [6.45, 7) is 2.99. The third-order valence-corrected chi connectivity index (χ3v) is 3.67. The topological polar surface area (TPSA) is 123 Å². The Morgan fingerprint density at radius 2 is 1.94 bits per heavy atom. The van der Waals surface area contributed by atoms with Crippen LogP contribution in [0.4, 0.5) is 0 Å². The summed E-state index contributed by atoms with van der Waals surface area (Å²) >= 11 is 0.898. The molecule has 1 fully saturated rings. The van der Waals surface area contributed by atoms with Crippen molar-refractivity contribution in [2.24, 2.45) is 5.16 Å². The molecule has 0 aromatic carbocycles. The first-order chi connectivity index (χ1) is 8.54. The number of hydrogen-bond donors (Lipinski definition) is 5. The van der Waals surface area contributed by atoms with Crippen LogP contribution in [0.3, 0.4) is 0 Å². The summed E-state index contributed by atoms with van der Waals surface area (Å²) in [5, 5.41) is 49.8. The highest BCUT2D eigenvalue weighted by Crippen LogP contribution is 2.29. The van der Waals surface area contributed by atoms with Crippen molar-refractivity contribution in [1.82, 2.24) is 0 Å². The first-order valence-electron chi connectivity index (χ1n) is 5.34. The first-order valence-corrected chi connectivity index (χ1v) is 6.22. The van der Waals surface area contributed by atoms with Crippen LogP contribution in [-0.2, 0) is 4.74 Å². The summed E-state index contributed by atoms with van der Waals surface area (Å²) in [5.41, 5.74) is -0.939. The third kappa shape index (κ3) is 3.44. The van der Waals surface area contributed by atoms with Gasteiger partial charge in [0.05, 0.1) is 6.61 Å². The SMILES string of the molecule is C=CC/C(=N\O)S[C@@H]1O[C@H](CO)[C@@H](O)[C@H](O)[C@H]1O. The maximum atomic E-state index is 9.73. The predicted octanol–water partition coefficient (Wildman–Crippen LogP) is -1.12. The summed E-state index contributed by atoms with van der Waals surface area (Å²) in [7, 11) is 0. The molecular formula is C10H17NO6S. The number of aliphatic hydroxyl groups excluding tert-OH is 4. The molecule has 0 aliphatic carbocycles. The van der Waals surface area contributed by atoms with E-state index in [0.717, 1.165) is 11.8 Å². The van der Waals surface area contributed by atoms with Gasteiger partial charge in [0.25, 0.3) is 0 Å². The molecule has 0 aromatic heterocycles. The summed E-state index contributed by atoms with van der Waals surface area (Å²) in [4.78, 5) is 0. The van der Waals surface area contributed by atoms with Crippen molar-refractivity contribution >= 4 is 16.8 Å². The van der Waals surface area contributed by atoms with E-state index in [1.165, 1.54) is 6.08 Å². The number of nitrogens with zero attached hydrogens (tertiary/aromatic N) is 1. The van der Waals surface area contributed by atoms with Gasteiger partial charge in [-0.05, 0) is 0 Å². The minimum atomic E-state index is -1.43. The van der Waals surface area contributed by atoms with E-state index in [-0.39, 0.29) is 11.5 Å². The van der Waals surface area contributed by atoms with Crippen molar-refractivity contribution in [3.05, 3.63) is 12.7 Å². The molecule has 1 aliphatic heterocycles. The maximum Gasteiger partial charge on any atom is 0.138 e. The molecule has 0 radical (unpaired) electrons. The fourth-order valence-electron chi connectivity index (χ4n) is 1.53. The van der Waals surface area contributed by atoms with Gasteiger partial charge in [0, 0.05) is 6.42 Å². The monoisotopic (exact) mass is 279 g/mol. The van der Waals surface area contributed by atoms with Crippen LogP contribution in [0.2, 0.25) is 0 Å². The summed E-state index contributed by atoms with van der Waals surface area (Å²) in [6, 6.07) is 0. The second-order valence-corrected chi connectivity index (χ2v) is 4.97. The molecule has 104 valence electrons. The zero-order chi connectivity index (χ0) is 13.7. The van der Waals surface area contributed by atoms with Crippen molar-refractivity contribution in [3.8, 4) is 0 Å². The highest BCUT2D eigenvalue weighted by Gasteiger charge is 2.44. The highest BCUT2D eigenvalue weighted by molar-refractivity contribution is 8.14. The lowest BCUT2D eigenvalue weighted by atomic mass is 10.0. The van der Waals surface area contributed by atoms with Crippen LogP contribution >= 0.6 is 11.8 Å². The van der Waals surface area contributed by atoms with E-state index >= 15 is 0 Å². The molecule has 5 atom stereocenters. The van der Waals surface area contributed by atoms with Crippen LogP contribution in [0.1, 0.15) is 6.42 Å². The van der Waals surface area contributed by atoms with Gasteiger partial charge in [-0.1, -0.05) is 23.0 Å². The fraction of sp³-hybridized carbons (Fsp3) is 0.700. The molecule has 5 N–H and O–H groups in total. The average molecular weight is 279 g/mol. The minimum absolute atomic E-state index is 0.245. The molecular weight excluding hydrogens is 262 g/mol. The normalized spacial score (nSPS) is 37.6. The third-order valence-electron chi connectivity index (χ3n) is 2.53. The molecule has 18 heavy (non-hydrogen) atoms. The van der Waals surface area contributed by atoms with Gasteiger partial charge in [0.15, 0.2) is 0 Å². The number of hydrogen-bond acceptors (Lipinski definition) is 8. The zero-order valence-corrected chi connectivity index (χ0v) is 10.4. The van der Waals surface area contributed by atoms with Crippen molar-refractivity contribution in [1.29, 1.82) is 0 Å². The number of ether oxygens (including phenoxy) is 1. The van der Waals surface area contributed by atoms with Gasteiger partial charge in [-0.15, -0.1) is 6.58 Å². The second kappa shape index (κ2) is 7.07. The molecule has 0 amide bonds. The Balaban J connectivity index is 2.72. The van der Waals surface area contributed by atoms with Crippen LogP contribution in [0, 0.1) is 0 Å². The standard InChI is InChI=1S/C10H17NO6S/c1-2-3-6(11-16)18-10-9(15)8(14)7(13)5(4-12)17-10/h2,5,7-10,12-16H,1,3-4H2/b11-6+/t5-,7-,8+,9-,10+/m1/s1. The highest BCUT2D eigenvalue weighted by atomic mass is 32.2. The Hall–Kier alpha value is -0.640. The number of aliphatic hydroxyl groups is 4. The van der Waals surface area contributed by atoms with Gasteiger partial charge >= 0.3 is 0 Å². The lowest BCUT2D eigenvalue weighted by molar-refractivity contribution is -0.205. The molecule has 7 nitrogen and oxygen atoms in total. The molecule has 0 saturated carbocycles. The average Bonchev–Trinajstić information content (AvgIpc) is 2.38. The van der Waals surface area contributed by atoms with Gasteiger partial charge in [0.1, 0.15) is 34.9 Å². The molecule has 8 heteroatoms. The molecule has 0 spiro atoms. The minimum Gasteiger partial charge on any atom is -0.410 e. The van der Waals surface area contributed by atoms with E-state index in [2.05, 4.69) is 11.7 Å². The molecule has 0 unspecified atom stereocenters. The van der Waals surface area contributed by atoms with Gasteiger partial charge in [-0.25, -0.2) is 0 Å². The van der Waals surface area contributed by atoms with Crippen LogP contribution in [-0.4, -0.2) is 67.1 Å². The lowest BCUT2D eigenvalue weighted by Gasteiger charge is -2.39. The Bertz CT molecular complexity index is 311. The second-order valence-electron chi connectivity index (χ2n) is 3.80. The Kier molecular flexibility index (Phi) is 6.06. The van der Waals surface area contributed by atoms with Crippen molar-refractivity contribution in [3.63, 3.8) is 0 Å².